The highest BCUT2D eigenvalue weighted by atomic mass is 32.2. The summed E-state index contributed by atoms with van der Waals surface area (Å²) in [5.74, 6) is 1.83. The number of carbonyl (C=O) groups excluding carboxylic acids is 1. The zero-order valence-corrected chi connectivity index (χ0v) is 16.0. The maximum Gasteiger partial charge on any atom is 0.236 e. The van der Waals surface area contributed by atoms with Crippen molar-refractivity contribution in [2.75, 3.05) is 16.8 Å². The van der Waals surface area contributed by atoms with E-state index < -0.39 is 0 Å². The number of nitrogen functional groups attached to an aromatic ring is 1. The second kappa shape index (κ2) is 7.20. The summed E-state index contributed by atoms with van der Waals surface area (Å²) in [5, 5.41) is 4.31. The molecular weight excluding hydrogens is 366 g/mol. The average Bonchev–Trinajstić information content (AvgIpc) is 2.98. The number of pyridine rings is 1. The highest BCUT2D eigenvalue weighted by Gasteiger charge is 2.23. The van der Waals surface area contributed by atoms with Crippen LogP contribution in [-0.2, 0) is 17.6 Å². The number of hydrogen-bond acceptors (Lipinski definition) is 7. The van der Waals surface area contributed by atoms with Gasteiger partial charge in [0, 0.05) is 11.1 Å². The van der Waals surface area contributed by atoms with Gasteiger partial charge in [0.25, 0.3) is 0 Å². The molecule has 3 heterocycles. The number of fused-ring (bicyclic) bond motifs is 3. The third-order valence-electron chi connectivity index (χ3n) is 4.43. The van der Waals surface area contributed by atoms with Gasteiger partial charge in [0.15, 0.2) is 5.16 Å². The fourth-order valence-electron chi connectivity index (χ4n) is 3.16. The molecule has 1 aliphatic rings. The number of rotatable bonds is 4. The fraction of sp³-hybridized carbons (Fsp3) is 0.333. The summed E-state index contributed by atoms with van der Waals surface area (Å²) in [5.41, 5.74) is 7.55. The van der Waals surface area contributed by atoms with E-state index >= 15 is 0 Å². The Morgan fingerprint density at radius 1 is 1.42 bits per heavy atom. The minimum Gasteiger partial charge on any atom is -0.383 e. The summed E-state index contributed by atoms with van der Waals surface area (Å²) in [6.45, 7) is 2.28. The van der Waals surface area contributed by atoms with Crippen LogP contribution in [0.4, 0.5) is 11.6 Å². The molecule has 0 bridgehead atoms. The Morgan fingerprint density at radius 2 is 2.31 bits per heavy atom. The van der Waals surface area contributed by atoms with E-state index in [1.807, 2.05) is 6.07 Å². The predicted molar refractivity (Wildman–Crippen MR) is 107 cm³/mol. The molecule has 134 valence electrons. The summed E-state index contributed by atoms with van der Waals surface area (Å²) in [6, 6.07) is 5.38. The highest BCUT2D eigenvalue weighted by molar-refractivity contribution is 7.99. The molecule has 26 heavy (non-hydrogen) atoms. The Bertz CT molecular complexity index is 957. The molecule has 0 aromatic carbocycles. The number of carbonyl (C=O) groups is 1. The molecule has 0 saturated carbocycles. The largest absolute Gasteiger partial charge is 0.383 e. The van der Waals surface area contributed by atoms with Gasteiger partial charge < -0.3 is 11.1 Å². The molecular formula is C18H19N5OS2. The predicted octanol–water partition coefficient (Wildman–Crippen LogP) is 3.52. The van der Waals surface area contributed by atoms with E-state index in [-0.39, 0.29) is 11.7 Å². The normalized spacial score (nSPS) is 16.4. The minimum atomic E-state index is -0.143. The third kappa shape index (κ3) is 3.52. The van der Waals surface area contributed by atoms with Crippen LogP contribution in [0.3, 0.4) is 0 Å². The van der Waals surface area contributed by atoms with Gasteiger partial charge in [0.2, 0.25) is 5.91 Å². The number of hydrogen-bond donors (Lipinski definition) is 2. The van der Waals surface area contributed by atoms with Crippen molar-refractivity contribution in [3.63, 3.8) is 0 Å². The zero-order chi connectivity index (χ0) is 18.1. The van der Waals surface area contributed by atoms with Crippen molar-refractivity contribution >= 4 is 50.9 Å². The molecule has 1 aliphatic carbocycles. The Balaban J connectivity index is 1.50. The van der Waals surface area contributed by atoms with Crippen molar-refractivity contribution in [1.29, 1.82) is 0 Å². The Kier molecular flexibility index (Phi) is 4.78. The Morgan fingerprint density at radius 3 is 3.12 bits per heavy atom. The lowest BCUT2D eigenvalue weighted by molar-refractivity contribution is -0.113. The second-order valence-electron chi connectivity index (χ2n) is 6.48. The number of thioether (sulfide) groups is 1. The van der Waals surface area contributed by atoms with Gasteiger partial charge in [-0.25, -0.2) is 15.0 Å². The molecule has 0 aliphatic heterocycles. The molecule has 0 fully saturated rings. The number of nitrogens with two attached hydrogens (primary N) is 1. The number of nitrogens with one attached hydrogen (secondary N) is 1. The monoisotopic (exact) mass is 385 g/mol. The molecule has 3 aromatic rings. The first kappa shape index (κ1) is 17.2. The van der Waals surface area contributed by atoms with E-state index in [1.165, 1.54) is 28.6 Å². The van der Waals surface area contributed by atoms with E-state index in [2.05, 4.69) is 27.2 Å². The van der Waals surface area contributed by atoms with Crippen LogP contribution in [0, 0.1) is 5.92 Å². The zero-order valence-electron chi connectivity index (χ0n) is 14.4. The second-order valence-corrected chi connectivity index (χ2v) is 8.50. The Hall–Kier alpha value is -2.19. The maximum absolute atomic E-state index is 12.1. The number of thiophene rings is 1. The van der Waals surface area contributed by atoms with Crippen molar-refractivity contribution in [3.05, 3.63) is 34.8 Å². The summed E-state index contributed by atoms with van der Waals surface area (Å²) >= 11 is 3.00. The average molecular weight is 386 g/mol. The first-order valence-corrected chi connectivity index (χ1v) is 10.3. The van der Waals surface area contributed by atoms with Crippen molar-refractivity contribution in [3.8, 4) is 0 Å². The molecule has 3 N–H and O–H groups in total. The lowest BCUT2D eigenvalue weighted by Crippen LogP contribution is -2.15. The molecule has 0 radical (unpaired) electrons. The van der Waals surface area contributed by atoms with Crippen molar-refractivity contribution < 1.29 is 4.79 Å². The molecule has 0 saturated heterocycles. The SMILES string of the molecule is C[C@@H]1CCc2c(sc3nc(SCC(=O)Nc4ccccn4)nc(N)c23)C1. The van der Waals surface area contributed by atoms with Crippen LogP contribution in [0.15, 0.2) is 29.6 Å². The van der Waals surface area contributed by atoms with Crippen molar-refractivity contribution in [2.45, 2.75) is 31.3 Å². The summed E-state index contributed by atoms with van der Waals surface area (Å²) in [7, 11) is 0. The number of amides is 1. The van der Waals surface area contributed by atoms with E-state index in [0.717, 1.165) is 23.1 Å². The van der Waals surface area contributed by atoms with Gasteiger partial charge in [-0.15, -0.1) is 11.3 Å². The molecule has 6 nitrogen and oxygen atoms in total. The van der Waals surface area contributed by atoms with Crippen LogP contribution in [0.25, 0.3) is 10.2 Å². The van der Waals surface area contributed by atoms with Crippen LogP contribution < -0.4 is 11.1 Å². The number of aromatic nitrogens is 3. The van der Waals surface area contributed by atoms with E-state index in [0.29, 0.717) is 22.7 Å². The van der Waals surface area contributed by atoms with Crippen molar-refractivity contribution in [2.24, 2.45) is 5.92 Å². The van der Waals surface area contributed by atoms with Gasteiger partial charge in [-0.05, 0) is 42.9 Å². The first-order chi connectivity index (χ1) is 12.6. The van der Waals surface area contributed by atoms with Gasteiger partial charge in [0.1, 0.15) is 16.5 Å². The number of aryl methyl sites for hydroxylation is 1. The lowest BCUT2D eigenvalue weighted by atomic mass is 9.89. The van der Waals surface area contributed by atoms with E-state index in [9.17, 15) is 4.79 Å². The first-order valence-electron chi connectivity index (χ1n) is 8.51. The summed E-state index contributed by atoms with van der Waals surface area (Å²) in [6.07, 6.45) is 4.95. The van der Waals surface area contributed by atoms with Crippen molar-refractivity contribution in [1.82, 2.24) is 15.0 Å². The highest BCUT2D eigenvalue weighted by Crippen LogP contribution is 2.39. The van der Waals surface area contributed by atoms with Crippen LogP contribution in [0.5, 0.6) is 0 Å². The third-order valence-corrected chi connectivity index (χ3v) is 6.42. The quantitative estimate of drug-likeness (QED) is 0.527. The fourth-order valence-corrected chi connectivity index (χ4v) is 5.26. The molecule has 3 aromatic heterocycles. The van der Waals surface area contributed by atoms with Gasteiger partial charge in [-0.3, -0.25) is 4.79 Å². The summed E-state index contributed by atoms with van der Waals surface area (Å²) < 4.78 is 0. The molecule has 1 atom stereocenters. The van der Waals surface area contributed by atoms with Gasteiger partial charge in [-0.2, -0.15) is 0 Å². The van der Waals surface area contributed by atoms with Gasteiger partial charge in [-0.1, -0.05) is 24.8 Å². The van der Waals surface area contributed by atoms with Crippen LogP contribution >= 0.6 is 23.1 Å². The van der Waals surface area contributed by atoms with Gasteiger partial charge >= 0.3 is 0 Å². The molecule has 8 heteroatoms. The van der Waals surface area contributed by atoms with Crippen LogP contribution in [-0.4, -0.2) is 26.6 Å². The maximum atomic E-state index is 12.1. The molecule has 0 unspecified atom stereocenters. The Labute approximate surface area is 159 Å². The molecule has 0 spiro atoms. The minimum absolute atomic E-state index is 0.143. The van der Waals surface area contributed by atoms with E-state index in [1.54, 1.807) is 29.7 Å². The van der Waals surface area contributed by atoms with Gasteiger partial charge in [0.05, 0.1) is 11.1 Å². The molecule has 4 rings (SSSR count). The topological polar surface area (TPSA) is 93.8 Å². The number of anilines is 2. The van der Waals surface area contributed by atoms with E-state index in [4.69, 9.17) is 5.73 Å². The standard InChI is InChI=1S/C18H19N5OS2/c1-10-5-6-11-12(8-10)26-17-15(11)16(19)22-18(23-17)25-9-14(24)21-13-4-2-3-7-20-13/h2-4,7,10H,5-6,8-9H2,1H3,(H2,19,22,23)(H,20,21,24)/t10-/m1/s1. The van der Waals surface area contributed by atoms with Crippen LogP contribution in [0.2, 0.25) is 0 Å². The summed E-state index contributed by atoms with van der Waals surface area (Å²) in [4.78, 5) is 27.5. The lowest BCUT2D eigenvalue weighted by Gasteiger charge is -2.17. The molecule has 1 amide bonds. The smallest absolute Gasteiger partial charge is 0.236 e. The number of nitrogens with zero attached hydrogens (tertiary/aromatic N) is 3. The van der Waals surface area contributed by atoms with Crippen LogP contribution in [0.1, 0.15) is 23.8 Å².